The van der Waals surface area contributed by atoms with Gasteiger partial charge in [0.25, 0.3) is 11.5 Å². The average molecular weight is 529 g/mol. The molecule has 1 aliphatic rings. The van der Waals surface area contributed by atoms with Gasteiger partial charge in [0.1, 0.15) is 6.33 Å². The number of imidazole rings is 2. The molecule has 0 aliphatic heterocycles. The topological polar surface area (TPSA) is 126 Å². The third-order valence-electron chi connectivity index (χ3n) is 7.22. The summed E-state index contributed by atoms with van der Waals surface area (Å²) in [5, 5.41) is 0. The molecule has 0 saturated heterocycles. The largest absolute Gasteiger partial charge is 0.369 e. The standard InChI is InChI=1S/C29H36N8O2/c1-19(10-11-22-21(3)23(12-13-29(22,4)5)36-15-14-31-17-36)8-7-9-20(2)16-24(38)34-37-18-32-25-26(37)33-28(30)35(6)27(25)39/h7-11,14-18,23H,12-13H2,1-6H3,(H2,30,33)(H,34,38). The normalized spacial score (nSPS) is 18.6. The van der Waals surface area contributed by atoms with Gasteiger partial charge in [0.05, 0.1) is 12.4 Å². The van der Waals surface area contributed by atoms with E-state index < -0.39 is 0 Å². The van der Waals surface area contributed by atoms with Gasteiger partial charge >= 0.3 is 0 Å². The summed E-state index contributed by atoms with van der Waals surface area (Å²) < 4.78 is 4.68. The minimum absolute atomic E-state index is 0.0332. The van der Waals surface area contributed by atoms with E-state index >= 15 is 0 Å². The van der Waals surface area contributed by atoms with Crippen molar-refractivity contribution in [1.29, 1.82) is 0 Å². The lowest BCUT2D eigenvalue weighted by atomic mass is 9.71. The Hall–Kier alpha value is -4.47. The molecule has 0 fully saturated rings. The SMILES string of the molecule is CC(C=CC1=C(C)C(n2ccnc2)CCC1(C)C)=CC=CC(C)=CC(=O)Nn1cnc2c(=O)n(C)c(N)nc21. The molecular weight excluding hydrogens is 492 g/mol. The van der Waals surface area contributed by atoms with Gasteiger partial charge in [0.15, 0.2) is 11.2 Å². The number of aromatic nitrogens is 6. The Bertz CT molecular complexity index is 1590. The van der Waals surface area contributed by atoms with E-state index in [2.05, 4.69) is 64.8 Å². The summed E-state index contributed by atoms with van der Waals surface area (Å²) in [4.78, 5) is 37.2. The maximum absolute atomic E-state index is 12.5. The highest BCUT2D eigenvalue weighted by Crippen LogP contribution is 2.45. The van der Waals surface area contributed by atoms with Crippen LogP contribution in [0.5, 0.6) is 0 Å². The molecule has 4 rings (SSSR count). The van der Waals surface area contributed by atoms with Crippen molar-refractivity contribution in [1.82, 2.24) is 28.8 Å². The Kier molecular flexibility index (Phi) is 7.85. The molecule has 1 unspecified atom stereocenters. The van der Waals surface area contributed by atoms with Gasteiger partial charge in [0.2, 0.25) is 5.95 Å². The van der Waals surface area contributed by atoms with Crippen LogP contribution in [0.3, 0.4) is 0 Å². The van der Waals surface area contributed by atoms with E-state index in [1.807, 2.05) is 43.9 Å². The molecule has 0 aromatic carbocycles. The molecule has 39 heavy (non-hydrogen) atoms. The highest BCUT2D eigenvalue weighted by molar-refractivity contribution is 5.95. The van der Waals surface area contributed by atoms with Gasteiger partial charge in [-0.05, 0) is 55.7 Å². The summed E-state index contributed by atoms with van der Waals surface area (Å²) in [5.74, 6) is -0.349. The minimum Gasteiger partial charge on any atom is -0.369 e. The van der Waals surface area contributed by atoms with E-state index in [-0.39, 0.29) is 34.0 Å². The summed E-state index contributed by atoms with van der Waals surface area (Å²) in [7, 11) is 1.51. The highest BCUT2D eigenvalue weighted by atomic mass is 16.2. The van der Waals surface area contributed by atoms with Crippen molar-refractivity contribution in [3.63, 3.8) is 0 Å². The smallest absolute Gasteiger partial charge is 0.282 e. The second-order valence-corrected chi connectivity index (χ2v) is 10.6. The predicted molar refractivity (Wildman–Crippen MR) is 154 cm³/mol. The lowest BCUT2D eigenvalue weighted by Crippen LogP contribution is -2.25. The van der Waals surface area contributed by atoms with Crippen molar-refractivity contribution >= 4 is 23.0 Å². The zero-order valence-electron chi connectivity index (χ0n) is 23.3. The molecule has 0 saturated carbocycles. The number of carbonyl (C=O) groups is 1. The van der Waals surface area contributed by atoms with Crippen LogP contribution in [0.15, 0.2) is 88.6 Å². The van der Waals surface area contributed by atoms with E-state index in [4.69, 9.17) is 5.73 Å². The van der Waals surface area contributed by atoms with Crippen LogP contribution in [-0.4, -0.2) is 34.7 Å². The van der Waals surface area contributed by atoms with Gasteiger partial charge in [0, 0.05) is 25.5 Å². The van der Waals surface area contributed by atoms with Gasteiger partial charge < -0.3 is 10.3 Å². The fourth-order valence-corrected chi connectivity index (χ4v) is 4.90. The van der Waals surface area contributed by atoms with Crippen LogP contribution < -0.4 is 16.7 Å². The molecule has 0 bridgehead atoms. The second kappa shape index (κ2) is 11.1. The summed E-state index contributed by atoms with van der Waals surface area (Å²) in [6, 6.07) is 0.335. The Morgan fingerprint density at radius 2 is 1.97 bits per heavy atom. The monoisotopic (exact) mass is 528 g/mol. The van der Waals surface area contributed by atoms with Crippen molar-refractivity contribution in [2.45, 2.75) is 53.5 Å². The fraction of sp³-hybridized carbons (Fsp3) is 0.345. The molecular formula is C29H36N8O2. The first kappa shape index (κ1) is 27.6. The third-order valence-corrected chi connectivity index (χ3v) is 7.22. The number of fused-ring (bicyclic) bond motifs is 1. The Morgan fingerprint density at radius 1 is 1.21 bits per heavy atom. The van der Waals surface area contributed by atoms with Crippen LogP contribution in [0.25, 0.3) is 11.2 Å². The number of anilines is 1. The van der Waals surface area contributed by atoms with Crippen molar-refractivity contribution in [2.75, 3.05) is 11.2 Å². The van der Waals surface area contributed by atoms with Crippen LogP contribution in [0, 0.1) is 5.41 Å². The van der Waals surface area contributed by atoms with Crippen molar-refractivity contribution in [3.8, 4) is 0 Å². The molecule has 10 heteroatoms. The lowest BCUT2D eigenvalue weighted by Gasteiger charge is -2.37. The molecule has 0 spiro atoms. The quantitative estimate of drug-likeness (QED) is 0.347. The van der Waals surface area contributed by atoms with Crippen LogP contribution >= 0.6 is 0 Å². The van der Waals surface area contributed by atoms with Gasteiger partial charge in [-0.25, -0.2) is 14.6 Å². The zero-order chi connectivity index (χ0) is 28.3. The number of hydrogen-bond acceptors (Lipinski definition) is 6. The van der Waals surface area contributed by atoms with E-state index in [1.165, 1.54) is 39.8 Å². The van der Waals surface area contributed by atoms with Gasteiger partial charge in [-0.2, -0.15) is 4.98 Å². The number of nitrogens with two attached hydrogens (primary N) is 1. The number of carbonyl (C=O) groups excluding carboxylic acids is 1. The first-order valence-electron chi connectivity index (χ1n) is 12.9. The maximum atomic E-state index is 12.5. The highest BCUT2D eigenvalue weighted by Gasteiger charge is 2.32. The number of hydrogen-bond donors (Lipinski definition) is 2. The zero-order valence-corrected chi connectivity index (χ0v) is 23.3. The van der Waals surface area contributed by atoms with Gasteiger partial charge in [-0.3, -0.25) is 19.6 Å². The van der Waals surface area contributed by atoms with Crippen molar-refractivity contribution < 1.29 is 4.79 Å². The number of nitrogens with zero attached hydrogens (tertiary/aromatic N) is 6. The molecule has 3 aromatic heterocycles. The van der Waals surface area contributed by atoms with E-state index in [9.17, 15) is 9.59 Å². The molecule has 0 radical (unpaired) electrons. The Morgan fingerprint density at radius 3 is 2.69 bits per heavy atom. The predicted octanol–water partition coefficient (Wildman–Crippen LogP) is 4.36. The van der Waals surface area contributed by atoms with Crippen molar-refractivity contribution in [3.05, 3.63) is 94.2 Å². The molecule has 3 aromatic rings. The Labute approximate surface area is 227 Å². The van der Waals surface area contributed by atoms with Crippen LogP contribution in [-0.2, 0) is 11.8 Å². The van der Waals surface area contributed by atoms with Crippen LogP contribution in [0.1, 0.15) is 53.5 Å². The second-order valence-electron chi connectivity index (χ2n) is 10.6. The molecule has 204 valence electrons. The number of allylic oxidation sites excluding steroid dienone is 9. The summed E-state index contributed by atoms with van der Waals surface area (Å²) in [5.41, 5.74) is 13.1. The van der Waals surface area contributed by atoms with E-state index in [0.717, 1.165) is 24.0 Å². The van der Waals surface area contributed by atoms with Crippen LogP contribution in [0.4, 0.5) is 5.95 Å². The molecule has 3 N–H and O–H groups in total. The first-order valence-corrected chi connectivity index (χ1v) is 12.9. The number of amides is 1. The first-order chi connectivity index (χ1) is 18.5. The average Bonchev–Trinajstić information content (AvgIpc) is 3.53. The number of rotatable bonds is 7. The fourth-order valence-electron chi connectivity index (χ4n) is 4.90. The van der Waals surface area contributed by atoms with E-state index in [0.29, 0.717) is 6.04 Å². The maximum Gasteiger partial charge on any atom is 0.282 e. The summed E-state index contributed by atoms with van der Waals surface area (Å²) in [6.45, 7) is 10.7. The van der Waals surface area contributed by atoms with Crippen molar-refractivity contribution in [2.24, 2.45) is 12.5 Å². The number of nitrogen functional groups attached to an aromatic ring is 1. The van der Waals surface area contributed by atoms with Gasteiger partial charge in [-0.15, -0.1) is 0 Å². The number of nitrogens with one attached hydrogen (secondary N) is 1. The lowest BCUT2D eigenvalue weighted by molar-refractivity contribution is -0.112. The van der Waals surface area contributed by atoms with Crippen LogP contribution in [0.2, 0.25) is 0 Å². The molecule has 10 nitrogen and oxygen atoms in total. The molecule has 1 amide bonds. The minimum atomic E-state index is -0.382. The van der Waals surface area contributed by atoms with Gasteiger partial charge in [-0.1, -0.05) is 49.8 Å². The summed E-state index contributed by atoms with van der Waals surface area (Å²) in [6.07, 6.45) is 20.9. The molecule has 3 heterocycles. The molecule has 1 aliphatic carbocycles. The Balaban J connectivity index is 1.43. The van der Waals surface area contributed by atoms with E-state index in [1.54, 1.807) is 0 Å². The molecule has 1 atom stereocenters. The summed E-state index contributed by atoms with van der Waals surface area (Å²) >= 11 is 0. The third kappa shape index (κ3) is 6.00.